The van der Waals surface area contributed by atoms with Crippen LogP contribution in [0.4, 0.5) is 0 Å². The number of rotatable bonds is 7. The van der Waals surface area contributed by atoms with Crippen molar-refractivity contribution in [3.8, 4) is 0 Å². The molecular formula is C12H18O3. The minimum Gasteiger partial charge on any atom is -0.478 e. The Kier molecular flexibility index (Phi) is 5.12. The van der Waals surface area contributed by atoms with E-state index in [9.17, 15) is 4.79 Å². The number of carboxylic acid groups (broad SMARTS) is 1. The van der Waals surface area contributed by atoms with E-state index in [-0.39, 0.29) is 12.0 Å². The highest BCUT2D eigenvalue weighted by Crippen LogP contribution is 2.25. The molecule has 0 aromatic heterocycles. The molecule has 3 nitrogen and oxygen atoms in total. The summed E-state index contributed by atoms with van der Waals surface area (Å²) in [7, 11) is 0. The van der Waals surface area contributed by atoms with Gasteiger partial charge in [0.25, 0.3) is 0 Å². The van der Waals surface area contributed by atoms with Crippen LogP contribution >= 0.6 is 0 Å². The fraction of sp³-hybridized carbons (Fsp3) is 0.583. The maximum absolute atomic E-state index is 10.4. The topological polar surface area (TPSA) is 49.8 Å². The van der Waals surface area contributed by atoms with Crippen molar-refractivity contribution < 1.29 is 14.6 Å². The lowest BCUT2D eigenvalue weighted by Gasteiger charge is -2.06. The first kappa shape index (κ1) is 12.0. The van der Waals surface area contributed by atoms with Crippen molar-refractivity contribution >= 4 is 5.97 Å². The van der Waals surface area contributed by atoms with E-state index in [1.807, 2.05) is 0 Å². The fourth-order valence-electron chi connectivity index (χ4n) is 1.49. The zero-order valence-corrected chi connectivity index (χ0v) is 9.06. The first-order valence-corrected chi connectivity index (χ1v) is 5.41. The van der Waals surface area contributed by atoms with Gasteiger partial charge in [-0.1, -0.05) is 25.2 Å². The molecule has 84 valence electrons. The van der Waals surface area contributed by atoms with Crippen LogP contribution in [0.25, 0.3) is 0 Å². The Labute approximate surface area is 90.4 Å². The van der Waals surface area contributed by atoms with Crippen LogP contribution in [0.1, 0.15) is 26.2 Å². The summed E-state index contributed by atoms with van der Waals surface area (Å²) >= 11 is 0. The average molecular weight is 210 g/mol. The fourth-order valence-corrected chi connectivity index (χ4v) is 1.49. The van der Waals surface area contributed by atoms with E-state index in [2.05, 4.69) is 19.1 Å². The van der Waals surface area contributed by atoms with Crippen molar-refractivity contribution in [3.63, 3.8) is 0 Å². The number of carbonyl (C=O) groups is 1. The minimum atomic E-state index is -0.884. The van der Waals surface area contributed by atoms with Gasteiger partial charge in [0, 0.05) is 12.0 Å². The number of allylic oxidation sites excluding steroid dienone is 2. The number of hydrogen-bond acceptors (Lipinski definition) is 2. The molecule has 1 fully saturated rings. The maximum Gasteiger partial charge on any atom is 0.327 e. The Morgan fingerprint density at radius 1 is 1.60 bits per heavy atom. The first-order valence-electron chi connectivity index (χ1n) is 5.41. The Morgan fingerprint density at radius 3 is 2.87 bits per heavy atom. The molecule has 1 rings (SSSR count). The van der Waals surface area contributed by atoms with Crippen LogP contribution in [0.2, 0.25) is 0 Å². The smallest absolute Gasteiger partial charge is 0.327 e. The Hall–Kier alpha value is -1.09. The number of ether oxygens (including phenoxy) is 1. The van der Waals surface area contributed by atoms with E-state index in [0.717, 1.165) is 25.9 Å². The monoisotopic (exact) mass is 210 g/mol. The van der Waals surface area contributed by atoms with Gasteiger partial charge < -0.3 is 9.84 Å². The van der Waals surface area contributed by atoms with Crippen LogP contribution in [0, 0.1) is 5.92 Å². The largest absolute Gasteiger partial charge is 0.478 e. The van der Waals surface area contributed by atoms with Crippen LogP contribution in [0.15, 0.2) is 24.3 Å². The summed E-state index contributed by atoms with van der Waals surface area (Å²) in [6, 6.07) is 0. The van der Waals surface area contributed by atoms with Gasteiger partial charge in [-0.25, -0.2) is 4.79 Å². The van der Waals surface area contributed by atoms with Crippen molar-refractivity contribution in [3.05, 3.63) is 24.3 Å². The molecule has 2 atom stereocenters. The Morgan fingerprint density at radius 2 is 2.33 bits per heavy atom. The molecule has 0 saturated carbocycles. The molecule has 0 spiro atoms. The van der Waals surface area contributed by atoms with Gasteiger partial charge in [0.15, 0.2) is 0 Å². The predicted molar refractivity (Wildman–Crippen MR) is 58.7 cm³/mol. The highest BCUT2D eigenvalue weighted by atomic mass is 16.6. The van der Waals surface area contributed by atoms with Crippen LogP contribution in [-0.4, -0.2) is 23.8 Å². The van der Waals surface area contributed by atoms with Crippen molar-refractivity contribution in [1.29, 1.82) is 0 Å². The highest BCUT2D eigenvalue weighted by molar-refractivity contribution is 5.79. The third kappa shape index (κ3) is 5.37. The number of hydrogen-bond donors (Lipinski definition) is 1. The molecule has 0 amide bonds. The van der Waals surface area contributed by atoms with E-state index in [1.165, 1.54) is 6.08 Å². The van der Waals surface area contributed by atoms with Crippen LogP contribution in [0.3, 0.4) is 0 Å². The van der Waals surface area contributed by atoms with E-state index in [0.29, 0.717) is 0 Å². The lowest BCUT2D eigenvalue weighted by Crippen LogP contribution is -2.05. The number of aliphatic carboxylic acids is 1. The summed E-state index contributed by atoms with van der Waals surface area (Å²) < 4.78 is 5.19. The zero-order valence-electron chi connectivity index (χ0n) is 9.06. The molecule has 15 heavy (non-hydrogen) atoms. The quantitative estimate of drug-likeness (QED) is 0.399. The van der Waals surface area contributed by atoms with Crippen molar-refractivity contribution in [2.45, 2.75) is 32.3 Å². The van der Waals surface area contributed by atoms with E-state index < -0.39 is 5.97 Å². The number of carboxylic acids is 1. The first-order chi connectivity index (χ1) is 7.24. The molecule has 1 aliphatic heterocycles. The predicted octanol–water partition coefficient (Wildman–Crippen LogP) is 2.39. The van der Waals surface area contributed by atoms with Gasteiger partial charge in [0.1, 0.15) is 0 Å². The molecule has 3 heteroatoms. The second-order valence-electron chi connectivity index (χ2n) is 3.69. The summed E-state index contributed by atoms with van der Waals surface area (Å²) in [6.45, 7) is 2.87. The minimum absolute atomic E-state index is 0.246. The van der Waals surface area contributed by atoms with Crippen molar-refractivity contribution in [2.75, 3.05) is 6.61 Å². The Balaban J connectivity index is 2.30. The van der Waals surface area contributed by atoms with Gasteiger partial charge in [-0.15, -0.1) is 0 Å². The lowest BCUT2D eigenvalue weighted by molar-refractivity contribution is -0.131. The van der Waals surface area contributed by atoms with E-state index in [1.54, 1.807) is 6.08 Å². The molecule has 1 saturated heterocycles. The van der Waals surface area contributed by atoms with Gasteiger partial charge >= 0.3 is 5.97 Å². The maximum atomic E-state index is 10.4. The standard InChI is InChI=1S/C12H18O3/c1-2-3-4-5-6-10(11-9-15-11)7-8-12(13)14/h3-4,7-8,10-11H,2,5-6,9H2,1H3,(H,13,14)/b4-3+,8-7+/t10?,11-/m0/s1. The van der Waals surface area contributed by atoms with Crippen LogP contribution in [-0.2, 0) is 9.53 Å². The summed E-state index contributed by atoms with van der Waals surface area (Å²) in [5.41, 5.74) is 0. The van der Waals surface area contributed by atoms with Crippen LogP contribution < -0.4 is 0 Å². The third-order valence-corrected chi connectivity index (χ3v) is 2.39. The molecule has 1 heterocycles. The summed E-state index contributed by atoms with van der Waals surface area (Å²) in [6.07, 6.45) is 10.5. The van der Waals surface area contributed by atoms with Gasteiger partial charge in [0.2, 0.25) is 0 Å². The average Bonchev–Trinajstić information content (AvgIpc) is 3.00. The van der Waals surface area contributed by atoms with Gasteiger partial charge in [-0.05, 0) is 19.3 Å². The molecule has 0 aliphatic carbocycles. The van der Waals surface area contributed by atoms with Gasteiger partial charge in [-0.3, -0.25) is 0 Å². The van der Waals surface area contributed by atoms with Gasteiger partial charge in [-0.2, -0.15) is 0 Å². The molecule has 1 aliphatic rings. The molecular weight excluding hydrogens is 192 g/mol. The zero-order chi connectivity index (χ0) is 11.1. The molecule has 0 aromatic rings. The van der Waals surface area contributed by atoms with Gasteiger partial charge in [0.05, 0.1) is 12.7 Å². The molecule has 0 aromatic carbocycles. The lowest BCUT2D eigenvalue weighted by atomic mass is 9.99. The molecule has 1 N–H and O–H groups in total. The molecule has 1 unspecified atom stereocenters. The number of epoxide rings is 1. The van der Waals surface area contributed by atoms with Crippen molar-refractivity contribution in [2.24, 2.45) is 5.92 Å². The second kappa shape index (κ2) is 6.40. The van der Waals surface area contributed by atoms with E-state index in [4.69, 9.17) is 9.84 Å². The summed E-state index contributed by atoms with van der Waals surface area (Å²) in [5.74, 6) is -0.632. The third-order valence-electron chi connectivity index (χ3n) is 2.39. The summed E-state index contributed by atoms with van der Waals surface area (Å²) in [5, 5.41) is 8.53. The summed E-state index contributed by atoms with van der Waals surface area (Å²) in [4.78, 5) is 10.4. The van der Waals surface area contributed by atoms with E-state index >= 15 is 0 Å². The SMILES string of the molecule is CC/C=C/CCC(/C=C/C(=O)O)[C@@H]1CO1. The van der Waals surface area contributed by atoms with Crippen molar-refractivity contribution in [1.82, 2.24) is 0 Å². The molecule has 0 radical (unpaired) electrons. The molecule has 0 bridgehead atoms. The highest BCUT2D eigenvalue weighted by Gasteiger charge is 2.30. The van der Waals surface area contributed by atoms with Crippen LogP contribution in [0.5, 0.6) is 0 Å². The normalized spacial score (nSPS) is 22.3. The second-order valence-corrected chi connectivity index (χ2v) is 3.69. The Bertz CT molecular complexity index is 252.